The standard InChI is InChI=1S/C22H20F3NO3S/c1-13(2)26-21(27)15-6-9-19-16(10-15)11-18(30(3,28)29)12-20(19)14-4-7-17(8-5-14)22(23,24)25/h4-13H,1-3H3,(H,26,27). The van der Waals surface area contributed by atoms with Gasteiger partial charge < -0.3 is 5.32 Å². The van der Waals surface area contributed by atoms with Gasteiger partial charge in [0.05, 0.1) is 10.5 Å². The zero-order valence-electron chi connectivity index (χ0n) is 16.5. The van der Waals surface area contributed by atoms with Gasteiger partial charge in [-0.05, 0) is 72.1 Å². The largest absolute Gasteiger partial charge is 0.416 e. The van der Waals surface area contributed by atoms with Crippen molar-refractivity contribution in [2.45, 2.75) is 31.0 Å². The molecule has 3 rings (SSSR count). The average Bonchev–Trinajstić information content (AvgIpc) is 2.64. The van der Waals surface area contributed by atoms with Gasteiger partial charge in [-0.25, -0.2) is 8.42 Å². The van der Waals surface area contributed by atoms with E-state index in [9.17, 15) is 26.4 Å². The van der Waals surface area contributed by atoms with Crippen LogP contribution in [0.5, 0.6) is 0 Å². The molecule has 158 valence electrons. The van der Waals surface area contributed by atoms with Crippen LogP contribution in [0.15, 0.2) is 59.5 Å². The molecule has 30 heavy (non-hydrogen) atoms. The molecular weight excluding hydrogens is 415 g/mol. The van der Waals surface area contributed by atoms with Crippen molar-refractivity contribution < 1.29 is 26.4 Å². The van der Waals surface area contributed by atoms with E-state index in [2.05, 4.69) is 5.32 Å². The molecule has 0 bridgehead atoms. The van der Waals surface area contributed by atoms with Crippen molar-refractivity contribution in [2.24, 2.45) is 0 Å². The number of carbonyl (C=O) groups excluding carboxylic acids is 1. The molecule has 4 nitrogen and oxygen atoms in total. The lowest BCUT2D eigenvalue weighted by atomic mass is 9.96. The Bertz CT molecular complexity index is 1210. The van der Waals surface area contributed by atoms with Gasteiger partial charge in [-0.1, -0.05) is 18.2 Å². The van der Waals surface area contributed by atoms with Crippen LogP contribution < -0.4 is 5.32 Å². The molecule has 0 radical (unpaired) electrons. The quantitative estimate of drug-likeness (QED) is 0.623. The Morgan fingerprint density at radius 3 is 2.13 bits per heavy atom. The third kappa shape index (κ3) is 4.64. The zero-order valence-corrected chi connectivity index (χ0v) is 17.4. The molecule has 0 aliphatic rings. The topological polar surface area (TPSA) is 63.2 Å². The summed E-state index contributed by atoms with van der Waals surface area (Å²) in [4.78, 5) is 12.4. The number of nitrogens with one attached hydrogen (secondary N) is 1. The highest BCUT2D eigenvalue weighted by molar-refractivity contribution is 7.90. The second kappa shape index (κ2) is 7.75. The fourth-order valence-electron chi connectivity index (χ4n) is 3.12. The second-order valence-electron chi connectivity index (χ2n) is 7.38. The summed E-state index contributed by atoms with van der Waals surface area (Å²) in [6.07, 6.45) is -3.41. The molecular formula is C22H20F3NO3S. The van der Waals surface area contributed by atoms with Crippen molar-refractivity contribution in [2.75, 3.05) is 6.26 Å². The van der Waals surface area contributed by atoms with Crippen LogP contribution in [0.3, 0.4) is 0 Å². The maximum absolute atomic E-state index is 12.9. The first-order valence-corrected chi connectivity index (χ1v) is 11.0. The fourth-order valence-corrected chi connectivity index (χ4v) is 3.79. The van der Waals surface area contributed by atoms with Gasteiger partial charge in [0.2, 0.25) is 0 Å². The molecule has 0 aliphatic carbocycles. The van der Waals surface area contributed by atoms with Gasteiger partial charge in [-0.3, -0.25) is 4.79 Å². The Balaban J connectivity index is 2.21. The van der Waals surface area contributed by atoms with Crippen molar-refractivity contribution in [3.8, 4) is 11.1 Å². The molecule has 0 atom stereocenters. The van der Waals surface area contributed by atoms with Crippen molar-refractivity contribution in [3.05, 3.63) is 65.7 Å². The number of sulfone groups is 1. The molecule has 0 heterocycles. The minimum absolute atomic E-state index is 0.0197. The predicted molar refractivity (Wildman–Crippen MR) is 110 cm³/mol. The molecule has 8 heteroatoms. The summed E-state index contributed by atoms with van der Waals surface area (Å²) in [5, 5.41) is 3.90. The zero-order chi connectivity index (χ0) is 22.3. The van der Waals surface area contributed by atoms with Crippen molar-refractivity contribution in [1.82, 2.24) is 5.32 Å². The van der Waals surface area contributed by atoms with Gasteiger partial charge in [-0.2, -0.15) is 13.2 Å². The first-order valence-electron chi connectivity index (χ1n) is 9.12. The number of carbonyl (C=O) groups is 1. The lowest BCUT2D eigenvalue weighted by Crippen LogP contribution is -2.29. The molecule has 0 fully saturated rings. The lowest BCUT2D eigenvalue weighted by molar-refractivity contribution is -0.137. The maximum Gasteiger partial charge on any atom is 0.416 e. The average molecular weight is 435 g/mol. The summed E-state index contributed by atoms with van der Waals surface area (Å²) in [6, 6.07) is 12.2. The van der Waals surface area contributed by atoms with Crippen LogP contribution in [0.25, 0.3) is 21.9 Å². The van der Waals surface area contributed by atoms with E-state index < -0.39 is 21.6 Å². The smallest absolute Gasteiger partial charge is 0.350 e. The van der Waals surface area contributed by atoms with Gasteiger partial charge >= 0.3 is 6.18 Å². The van der Waals surface area contributed by atoms with E-state index in [1.807, 2.05) is 13.8 Å². The molecule has 0 spiro atoms. The summed E-state index contributed by atoms with van der Waals surface area (Å²) in [5.74, 6) is -0.298. The van der Waals surface area contributed by atoms with Gasteiger partial charge in [0.15, 0.2) is 9.84 Å². The number of alkyl halides is 3. The van der Waals surface area contributed by atoms with Gasteiger partial charge in [0, 0.05) is 17.9 Å². The Labute approximate surface area is 172 Å². The summed E-state index contributed by atoms with van der Waals surface area (Å²) < 4.78 is 63.0. The monoisotopic (exact) mass is 435 g/mol. The first-order chi connectivity index (χ1) is 13.9. The van der Waals surface area contributed by atoms with Crippen LogP contribution in [0.4, 0.5) is 13.2 Å². The van der Waals surface area contributed by atoms with Crippen LogP contribution in [0.1, 0.15) is 29.8 Å². The Morgan fingerprint density at radius 2 is 1.60 bits per heavy atom. The predicted octanol–water partition coefficient (Wildman–Crippen LogP) is 5.07. The first kappa shape index (κ1) is 21.8. The minimum atomic E-state index is -4.46. The number of halogens is 3. The number of fused-ring (bicyclic) bond motifs is 1. The normalized spacial score (nSPS) is 12.4. The summed E-state index contributed by atoms with van der Waals surface area (Å²) in [7, 11) is -3.59. The third-order valence-corrected chi connectivity index (χ3v) is 5.65. The fraction of sp³-hybridized carbons (Fsp3) is 0.227. The van der Waals surface area contributed by atoms with Gasteiger partial charge in [0.25, 0.3) is 5.91 Å². The number of hydrogen-bond acceptors (Lipinski definition) is 3. The highest BCUT2D eigenvalue weighted by Gasteiger charge is 2.30. The van der Waals surface area contributed by atoms with E-state index in [0.717, 1.165) is 18.4 Å². The van der Waals surface area contributed by atoms with E-state index in [-0.39, 0.29) is 16.8 Å². The minimum Gasteiger partial charge on any atom is -0.350 e. The van der Waals surface area contributed by atoms with E-state index in [1.165, 1.54) is 24.3 Å². The van der Waals surface area contributed by atoms with Crippen molar-refractivity contribution >= 4 is 26.5 Å². The molecule has 0 saturated heterocycles. The van der Waals surface area contributed by atoms with Crippen LogP contribution in [-0.4, -0.2) is 26.6 Å². The maximum atomic E-state index is 12.9. The van der Waals surface area contributed by atoms with E-state index in [0.29, 0.717) is 27.5 Å². The van der Waals surface area contributed by atoms with E-state index >= 15 is 0 Å². The lowest BCUT2D eigenvalue weighted by Gasteiger charge is -2.13. The van der Waals surface area contributed by atoms with Crippen molar-refractivity contribution in [3.63, 3.8) is 0 Å². The molecule has 3 aromatic carbocycles. The number of hydrogen-bond donors (Lipinski definition) is 1. The van der Waals surface area contributed by atoms with E-state index in [1.54, 1.807) is 18.2 Å². The molecule has 3 aromatic rings. The van der Waals surface area contributed by atoms with Gasteiger partial charge in [-0.15, -0.1) is 0 Å². The third-order valence-electron chi connectivity index (χ3n) is 4.56. The van der Waals surface area contributed by atoms with Crippen LogP contribution >= 0.6 is 0 Å². The second-order valence-corrected chi connectivity index (χ2v) is 9.40. The number of amides is 1. The van der Waals surface area contributed by atoms with Gasteiger partial charge in [0.1, 0.15) is 0 Å². The molecule has 0 saturated carbocycles. The highest BCUT2D eigenvalue weighted by Crippen LogP contribution is 2.35. The molecule has 1 N–H and O–H groups in total. The van der Waals surface area contributed by atoms with Crippen LogP contribution in [0.2, 0.25) is 0 Å². The van der Waals surface area contributed by atoms with Crippen molar-refractivity contribution in [1.29, 1.82) is 0 Å². The van der Waals surface area contributed by atoms with E-state index in [4.69, 9.17) is 0 Å². The summed E-state index contributed by atoms with van der Waals surface area (Å²) in [5.41, 5.74) is 0.484. The molecule has 1 amide bonds. The molecule has 0 aromatic heterocycles. The number of rotatable bonds is 4. The highest BCUT2D eigenvalue weighted by atomic mass is 32.2. The summed E-state index contributed by atoms with van der Waals surface area (Å²) >= 11 is 0. The Hall–Kier alpha value is -2.87. The SMILES string of the molecule is CC(C)NC(=O)c1ccc2c(-c3ccc(C(F)(F)F)cc3)cc(S(C)(=O)=O)cc2c1. The Kier molecular flexibility index (Phi) is 5.64. The summed E-state index contributed by atoms with van der Waals surface area (Å²) in [6.45, 7) is 3.65. The number of benzene rings is 3. The Morgan fingerprint density at radius 1 is 0.967 bits per heavy atom. The van der Waals surface area contributed by atoms with Crippen LogP contribution in [-0.2, 0) is 16.0 Å². The molecule has 0 unspecified atom stereocenters. The molecule has 0 aliphatic heterocycles. The van der Waals surface area contributed by atoms with Crippen LogP contribution in [0, 0.1) is 0 Å².